The second kappa shape index (κ2) is 6.01. The summed E-state index contributed by atoms with van der Waals surface area (Å²) in [4.78, 5) is 12.4. The second-order valence-corrected chi connectivity index (χ2v) is 5.20. The van der Waals surface area contributed by atoms with Crippen LogP contribution in [0.2, 0.25) is 5.02 Å². The van der Waals surface area contributed by atoms with Crippen LogP contribution in [0.25, 0.3) is 0 Å². The Labute approximate surface area is 123 Å². The van der Waals surface area contributed by atoms with Gasteiger partial charge < -0.3 is 15.6 Å². The van der Waals surface area contributed by atoms with E-state index in [1.165, 1.54) is 0 Å². The Bertz CT molecular complexity index is 634. The molecule has 1 aromatic carbocycles. The largest absolute Gasteiger partial charge is 0.397 e. The van der Waals surface area contributed by atoms with Crippen LogP contribution in [-0.4, -0.2) is 10.5 Å². The first-order valence-electron chi connectivity index (χ1n) is 6.54. The van der Waals surface area contributed by atoms with E-state index in [0.29, 0.717) is 22.1 Å². The minimum Gasteiger partial charge on any atom is -0.397 e. The molecule has 0 radical (unpaired) electrons. The molecule has 0 saturated heterocycles. The van der Waals surface area contributed by atoms with E-state index in [1.54, 1.807) is 24.4 Å². The number of hydrogen-bond donors (Lipinski definition) is 2. The van der Waals surface area contributed by atoms with Gasteiger partial charge in [0, 0.05) is 23.5 Å². The zero-order valence-corrected chi connectivity index (χ0v) is 12.4. The molecule has 0 aliphatic heterocycles. The molecule has 3 N–H and O–H groups in total. The average molecular weight is 292 g/mol. The molecule has 4 nitrogen and oxygen atoms in total. The summed E-state index contributed by atoms with van der Waals surface area (Å²) in [6, 6.07) is 7.10. The lowest BCUT2D eigenvalue weighted by molar-refractivity contribution is 0.101. The van der Waals surface area contributed by atoms with Crippen LogP contribution in [-0.2, 0) is 6.54 Å². The number of nitrogens with two attached hydrogens (primary N) is 1. The van der Waals surface area contributed by atoms with Gasteiger partial charge in [-0.2, -0.15) is 0 Å². The summed E-state index contributed by atoms with van der Waals surface area (Å²) in [5.74, 6) is -0.180. The molecular weight excluding hydrogens is 274 g/mol. The molecule has 0 aliphatic rings. The number of carbonyl (C=O) groups is 1. The number of aryl methyl sites for hydroxylation is 2. The van der Waals surface area contributed by atoms with Crippen molar-refractivity contribution in [1.29, 1.82) is 0 Å². The highest BCUT2D eigenvalue weighted by Crippen LogP contribution is 2.21. The number of nitrogens with zero attached hydrogens (tertiary/aromatic N) is 1. The number of halogens is 1. The highest BCUT2D eigenvalue weighted by atomic mass is 35.5. The Morgan fingerprint density at radius 3 is 2.85 bits per heavy atom. The summed E-state index contributed by atoms with van der Waals surface area (Å²) in [6.45, 7) is 4.73. The number of anilines is 2. The number of aromatic nitrogens is 1. The number of nitrogens with one attached hydrogen (secondary N) is 1. The van der Waals surface area contributed by atoms with Crippen molar-refractivity contribution < 1.29 is 4.79 Å². The van der Waals surface area contributed by atoms with Gasteiger partial charge in [0.25, 0.3) is 5.91 Å². The van der Waals surface area contributed by atoms with Crippen molar-refractivity contribution in [3.05, 3.63) is 46.7 Å². The molecule has 0 fully saturated rings. The smallest absolute Gasteiger partial charge is 0.272 e. The van der Waals surface area contributed by atoms with Crippen LogP contribution in [0.15, 0.2) is 30.5 Å². The molecule has 0 atom stereocenters. The van der Waals surface area contributed by atoms with E-state index in [0.717, 1.165) is 18.5 Å². The van der Waals surface area contributed by atoms with Crippen molar-refractivity contribution >= 4 is 28.9 Å². The molecule has 0 bridgehead atoms. The van der Waals surface area contributed by atoms with Crippen LogP contribution in [0.5, 0.6) is 0 Å². The van der Waals surface area contributed by atoms with Gasteiger partial charge >= 0.3 is 0 Å². The number of nitrogen functional groups attached to an aromatic ring is 1. The summed E-state index contributed by atoms with van der Waals surface area (Å²) in [5, 5.41) is 3.47. The minimum atomic E-state index is -0.180. The lowest BCUT2D eigenvalue weighted by Crippen LogP contribution is -2.17. The maximum Gasteiger partial charge on any atom is 0.272 e. The summed E-state index contributed by atoms with van der Waals surface area (Å²) < 4.78 is 1.87. The van der Waals surface area contributed by atoms with Gasteiger partial charge in [0.1, 0.15) is 5.69 Å². The van der Waals surface area contributed by atoms with E-state index in [1.807, 2.05) is 17.6 Å². The van der Waals surface area contributed by atoms with Gasteiger partial charge in [0.05, 0.1) is 5.69 Å². The monoisotopic (exact) mass is 291 g/mol. The fourth-order valence-electron chi connectivity index (χ4n) is 2.06. The number of amides is 1. The maximum absolute atomic E-state index is 12.4. The molecule has 1 amide bonds. The number of carbonyl (C=O) groups excluding carboxylic acids is 1. The van der Waals surface area contributed by atoms with Crippen molar-refractivity contribution in [1.82, 2.24) is 4.57 Å². The summed E-state index contributed by atoms with van der Waals surface area (Å²) >= 11 is 5.95. The first kappa shape index (κ1) is 14.5. The molecule has 1 aromatic heterocycles. The summed E-state index contributed by atoms with van der Waals surface area (Å²) in [7, 11) is 0. The third-order valence-electron chi connectivity index (χ3n) is 3.06. The highest BCUT2D eigenvalue weighted by molar-refractivity contribution is 6.31. The van der Waals surface area contributed by atoms with Crippen molar-refractivity contribution in [2.24, 2.45) is 0 Å². The molecule has 106 valence electrons. The number of hydrogen-bond acceptors (Lipinski definition) is 2. The predicted molar refractivity (Wildman–Crippen MR) is 83.3 cm³/mol. The molecule has 2 rings (SSSR count). The molecule has 0 spiro atoms. The third-order valence-corrected chi connectivity index (χ3v) is 3.30. The first-order chi connectivity index (χ1) is 9.51. The van der Waals surface area contributed by atoms with Crippen molar-refractivity contribution in [2.75, 3.05) is 11.1 Å². The highest BCUT2D eigenvalue weighted by Gasteiger charge is 2.13. The van der Waals surface area contributed by atoms with E-state index < -0.39 is 0 Å². The second-order valence-electron chi connectivity index (χ2n) is 4.77. The van der Waals surface area contributed by atoms with Gasteiger partial charge in [0.15, 0.2) is 0 Å². The fraction of sp³-hybridized carbons (Fsp3) is 0.267. The van der Waals surface area contributed by atoms with Crippen LogP contribution < -0.4 is 11.1 Å². The fourth-order valence-corrected chi connectivity index (χ4v) is 2.24. The van der Waals surface area contributed by atoms with Gasteiger partial charge in [-0.25, -0.2) is 0 Å². The Morgan fingerprint density at radius 2 is 2.15 bits per heavy atom. The Hall–Kier alpha value is -1.94. The molecule has 0 saturated carbocycles. The quantitative estimate of drug-likeness (QED) is 0.902. The zero-order valence-electron chi connectivity index (χ0n) is 11.6. The van der Waals surface area contributed by atoms with Gasteiger partial charge in [-0.05, 0) is 37.1 Å². The Balaban J connectivity index is 2.26. The molecule has 0 unspecified atom stereocenters. The first-order valence-corrected chi connectivity index (χ1v) is 6.92. The van der Waals surface area contributed by atoms with Crippen LogP contribution in [0, 0.1) is 6.92 Å². The standard InChI is InChI=1S/C15H18ClN3O/c1-3-6-19-9-12(17)8-14(19)15(20)18-13-7-11(16)5-4-10(13)2/h4-5,7-9H,3,6,17H2,1-2H3,(H,18,20). The molecule has 1 heterocycles. The van der Waals surface area contributed by atoms with Crippen LogP contribution in [0.4, 0.5) is 11.4 Å². The normalized spacial score (nSPS) is 10.6. The number of rotatable bonds is 4. The van der Waals surface area contributed by atoms with E-state index in [2.05, 4.69) is 12.2 Å². The van der Waals surface area contributed by atoms with E-state index in [9.17, 15) is 4.79 Å². The van der Waals surface area contributed by atoms with Crippen molar-refractivity contribution in [2.45, 2.75) is 26.8 Å². The lowest BCUT2D eigenvalue weighted by atomic mass is 10.2. The lowest BCUT2D eigenvalue weighted by Gasteiger charge is -2.11. The molecule has 2 aromatic rings. The SMILES string of the molecule is CCCn1cc(N)cc1C(=O)Nc1cc(Cl)ccc1C. The van der Waals surface area contributed by atoms with Crippen molar-refractivity contribution in [3.8, 4) is 0 Å². The number of benzene rings is 1. The third kappa shape index (κ3) is 3.14. The van der Waals surface area contributed by atoms with Gasteiger partial charge in [-0.3, -0.25) is 4.79 Å². The van der Waals surface area contributed by atoms with Gasteiger partial charge in [-0.1, -0.05) is 24.6 Å². The van der Waals surface area contributed by atoms with Gasteiger partial charge in [0.2, 0.25) is 0 Å². The molecular formula is C15H18ClN3O. The molecule has 0 aliphatic carbocycles. The summed E-state index contributed by atoms with van der Waals surface area (Å²) in [5.41, 5.74) is 8.60. The minimum absolute atomic E-state index is 0.180. The zero-order chi connectivity index (χ0) is 14.7. The van der Waals surface area contributed by atoms with Gasteiger partial charge in [-0.15, -0.1) is 0 Å². The van der Waals surface area contributed by atoms with E-state index in [-0.39, 0.29) is 5.91 Å². The topological polar surface area (TPSA) is 60.0 Å². The average Bonchev–Trinajstić information content (AvgIpc) is 2.75. The summed E-state index contributed by atoms with van der Waals surface area (Å²) in [6.07, 6.45) is 2.72. The van der Waals surface area contributed by atoms with Crippen LogP contribution in [0.1, 0.15) is 29.4 Å². The Morgan fingerprint density at radius 1 is 1.40 bits per heavy atom. The maximum atomic E-state index is 12.4. The van der Waals surface area contributed by atoms with Crippen molar-refractivity contribution in [3.63, 3.8) is 0 Å². The molecule has 5 heteroatoms. The predicted octanol–water partition coefficient (Wildman–Crippen LogP) is 3.69. The van der Waals surface area contributed by atoms with Crippen LogP contribution in [0.3, 0.4) is 0 Å². The Kier molecular flexibility index (Phi) is 4.35. The van der Waals surface area contributed by atoms with Crippen LogP contribution >= 0.6 is 11.6 Å². The molecule has 20 heavy (non-hydrogen) atoms. The van der Waals surface area contributed by atoms with E-state index >= 15 is 0 Å². The van der Waals surface area contributed by atoms with E-state index in [4.69, 9.17) is 17.3 Å².